The Hall–Kier alpha value is -5.64. The molecule has 7 rings (SSSR count). The van der Waals surface area contributed by atoms with E-state index in [9.17, 15) is 0 Å². The van der Waals surface area contributed by atoms with Gasteiger partial charge in [-0.3, -0.25) is 9.97 Å². The van der Waals surface area contributed by atoms with E-state index in [0.29, 0.717) is 0 Å². The maximum atomic E-state index is 4.99. The quantitative estimate of drug-likeness (QED) is 0.142. The van der Waals surface area contributed by atoms with Crippen LogP contribution in [0.3, 0.4) is 0 Å². The molecule has 0 aliphatic heterocycles. The van der Waals surface area contributed by atoms with E-state index in [0.717, 1.165) is 57.6 Å². The summed E-state index contributed by atoms with van der Waals surface area (Å²) >= 11 is 1.82. The molecule has 0 N–H and O–H groups in total. The van der Waals surface area contributed by atoms with Gasteiger partial charge in [0.15, 0.2) is 0 Å². The Kier molecular flexibility index (Phi) is 9.74. The zero-order valence-corrected chi connectivity index (χ0v) is 30.6. The first-order chi connectivity index (χ1) is 24.9. The second kappa shape index (κ2) is 14.7. The highest BCUT2D eigenvalue weighted by molar-refractivity contribution is 7.14. The Labute approximate surface area is 306 Å². The molecule has 3 aromatic carbocycles. The van der Waals surface area contributed by atoms with Gasteiger partial charge in [0.1, 0.15) is 0 Å². The summed E-state index contributed by atoms with van der Waals surface area (Å²) in [5, 5.41) is 2.39. The minimum Gasteiger partial charge on any atom is -0.256 e. The van der Waals surface area contributed by atoms with Crippen LogP contribution in [0.1, 0.15) is 64.9 Å². The summed E-state index contributed by atoms with van der Waals surface area (Å²) in [5.41, 5.74) is 16.3. The Morgan fingerprint density at radius 1 is 0.784 bits per heavy atom. The third-order valence-corrected chi connectivity index (χ3v) is 11.1. The highest BCUT2D eigenvalue weighted by atomic mass is 32.1. The molecule has 0 saturated carbocycles. The molecule has 0 fully saturated rings. The minimum absolute atomic E-state index is 0.965. The maximum Gasteiger partial charge on any atom is 0.0713 e. The highest BCUT2D eigenvalue weighted by Crippen LogP contribution is 2.42. The topological polar surface area (TPSA) is 25.8 Å². The SMILES string of the molecule is C=C/C(C)=C(\C=C/C)c1cccc(-c2ccc(-c3ccc4ccc(-c5ccc(C6=CCCc7c6sc(C=C)c7/C=C\C)nc5)cc4c3)cn2)c1C. The first-order valence-corrected chi connectivity index (χ1v) is 18.4. The van der Waals surface area contributed by atoms with Gasteiger partial charge in [-0.1, -0.05) is 110 Å². The number of benzene rings is 3. The largest absolute Gasteiger partial charge is 0.256 e. The van der Waals surface area contributed by atoms with Crippen LogP contribution in [0.15, 0.2) is 140 Å². The van der Waals surface area contributed by atoms with Crippen molar-refractivity contribution in [2.24, 2.45) is 0 Å². The Morgan fingerprint density at radius 2 is 1.47 bits per heavy atom. The standard InChI is InChI=1S/C48H42N2S/c1-7-13-39(31(5)9-3)40-15-11-16-41(32(40)6)45-25-23-36(29-49-45)34-21-19-33-20-22-35(28-38(33)27-34)37-24-26-46(50-30-37)44-18-12-17-43-42(14-8-2)47(10-4)51-48(43)44/h7-11,13-16,18-30H,3-4,12,17H2,1-2,5-6H3/b13-7-,14-8-,39-31+. The van der Waals surface area contributed by atoms with E-state index in [1.165, 1.54) is 53.9 Å². The van der Waals surface area contributed by atoms with Crippen molar-refractivity contribution in [2.45, 2.75) is 40.5 Å². The van der Waals surface area contributed by atoms with Crippen molar-refractivity contribution in [3.05, 3.63) is 178 Å². The summed E-state index contributed by atoms with van der Waals surface area (Å²) in [6, 6.07) is 28.4. The molecule has 0 bridgehead atoms. The van der Waals surface area contributed by atoms with Gasteiger partial charge in [0.2, 0.25) is 0 Å². The number of thiophene rings is 1. The molecule has 0 saturated heterocycles. The summed E-state index contributed by atoms with van der Waals surface area (Å²) in [7, 11) is 0. The summed E-state index contributed by atoms with van der Waals surface area (Å²) < 4.78 is 0. The molecular formula is C48H42N2S. The fourth-order valence-electron chi connectivity index (χ4n) is 7.11. The van der Waals surface area contributed by atoms with Gasteiger partial charge in [-0.25, -0.2) is 0 Å². The van der Waals surface area contributed by atoms with Gasteiger partial charge in [-0.05, 0) is 120 Å². The zero-order valence-electron chi connectivity index (χ0n) is 29.8. The van der Waals surface area contributed by atoms with E-state index >= 15 is 0 Å². The number of aromatic nitrogens is 2. The lowest BCUT2D eigenvalue weighted by atomic mass is 9.91. The predicted molar refractivity (Wildman–Crippen MR) is 223 cm³/mol. The molecule has 0 unspecified atom stereocenters. The second-order valence-electron chi connectivity index (χ2n) is 13.0. The van der Waals surface area contributed by atoms with Crippen LogP contribution in [0, 0.1) is 6.92 Å². The first kappa shape index (κ1) is 33.8. The number of hydrogen-bond donors (Lipinski definition) is 0. The van der Waals surface area contributed by atoms with Crippen LogP contribution in [0.25, 0.3) is 67.6 Å². The van der Waals surface area contributed by atoms with E-state index < -0.39 is 0 Å². The van der Waals surface area contributed by atoms with Crippen LogP contribution >= 0.6 is 11.3 Å². The van der Waals surface area contributed by atoms with Gasteiger partial charge in [0.05, 0.1) is 11.4 Å². The van der Waals surface area contributed by atoms with Crippen LogP contribution in [-0.2, 0) is 6.42 Å². The smallest absolute Gasteiger partial charge is 0.0713 e. The van der Waals surface area contributed by atoms with Gasteiger partial charge < -0.3 is 0 Å². The minimum atomic E-state index is 0.965. The summed E-state index contributed by atoms with van der Waals surface area (Å²) in [5.74, 6) is 0. The molecule has 3 heterocycles. The first-order valence-electron chi connectivity index (χ1n) is 17.6. The molecule has 1 aliphatic carbocycles. The van der Waals surface area contributed by atoms with E-state index in [1.54, 1.807) is 0 Å². The molecule has 250 valence electrons. The van der Waals surface area contributed by atoms with Crippen molar-refractivity contribution < 1.29 is 0 Å². The van der Waals surface area contributed by atoms with Gasteiger partial charge >= 0.3 is 0 Å². The van der Waals surface area contributed by atoms with Crippen molar-refractivity contribution >= 4 is 45.4 Å². The van der Waals surface area contributed by atoms with Crippen LogP contribution in [0.2, 0.25) is 0 Å². The number of nitrogens with zero attached hydrogens (tertiary/aromatic N) is 2. The molecule has 0 spiro atoms. The van der Waals surface area contributed by atoms with Crippen molar-refractivity contribution in [3.63, 3.8) is 0 Å². The average molecular weight is 679 g/mol. The van der Waals surface area contributed by atoms with Crippen LogP contribution in [0.5, 0.6) is 0 Å². The molecular weight excluding hydrogens is 637 g/mol. The zero-order chi connectivity index (χ0) is 35.5. The normalized spacial score (nSPS) is 13.4. The van der Waals surface area contributed by atoms with E-state index in [2.05, 4.69) is 143 Å². The molecule has 51 heavy (non-hydrogen) atoms. The lowest BCUT2D eigenvalue weighted by molar-refractivity contribution is 0.983. The monoisotopic (exact) mass is 678 g/mol. The Bertz CT molecular complexity index is 2410. The van der Waals surface area contributed by atoms with Crippen molar-refractivity contribution in [1.82, 2.24) is 9.97 Å². The molecule has 6 aromatic rings. The highest BCUT2D eigenvalue weighted by Gasteiger charge is 2.22. The summed E-state index contributed by atoms with van der Waals surface area (Å²) in [6.45, 7) is 16.5. The molecule has 3 heteroatoms. The lowest BCUT2D eigenvalue weighted by Crippen LogP contribution is -2.00. The molecule has 2 nitrogen and oxygen atoms in total. The second-order valence-corrected chi connectivity index (χ2v) is 14.0. The third-order valence-electron chi connectivity index (χ3n) is 9.86. The molecule has 0 amide bonds. The molecule has 0 atom stereocenters. The van der Waals surface area contributed by atoms with Crippen LogP contribution in [0.4, 0.5) is 0 Å². The van der Waals surface area contributed by atoms with Gasteiger partial charge in [0.25, 0.3) is 0 Å². The van der Waals surface area contributed by atoms with Crippen molar-refractivity contribution in [1.29, 1.82) is 0 Å². The summed E-state index contributed by atoms with van der Waals surface area (Å²) in [4.78, 5) is 12.5. The number of hydrogen-bond acceptors (Lipinski definition) is 3. The Morgan fingerprint density at radius 3 is 2.08 bits per heavy atom. The van der Waals surface area contributed by atoms with Crippen LogP contribution in [-0.4, -0.2) is 9.97 Å². The van der Waals surface area contributed by atoms with E-state index in [4.69, 9.17) is 9.97 Å². The molecule has 3 aromatic heterocycles. The van der Waals surface area contributed by atoms with Gasteiger partial charge in [0, 0.05) is 44.4 Å². The maximum absolute atomic E-state index is 4.99. The number of allylic oxidation sites excluding steroid dienone is 7. The third kappa shape index (κ3) is 6.54. The number of pyridine rings is 2. The predicted octanol–water partition coefficient (Wildman–Crippen LogP) is 13.6. The summed E-state index contributed by atoms with van der Waals surface area (Å²) in [6.07, 6.45) is 20.9. The molecule has 0 radical (unpaired) electrons. The van der Waals surface area contributed by atoms with Crippen molar-refractivity contribution in [3.8, 4) is 33.5 Å². The number of fused-ring (bicyclic) bond motifs is 2. The molecule has 1 aliphatic rings. The fraction of sp³-hybridized carbons (Fsp3) is 0.125. The average Bonchev–Trinajstić information content (AvgIpc) is 3.54. The van der Waals surface area contributed by atoms with Crippen LogP contribution < -0.4 is 0 Å². The van der Waals surface area contributed by atoms with E-state index in [-0.39, 0.29) is 0 Å². The van der Waals surface area contributed by atoms with Gasteiger partial charge in [-0.2, -0.15) is 0 Å². The fourth-order valence-corrected chi connectivity index (χ4v) is 8.35. The van der Waals surface area contributed by atoms with Gasteiger partial charge in [-0.15, -0.1) is 11.3 Å². The lowest BCUT2D eigenvalue weighted by Gasteiger charge is -2.15. The number of rotatable bonds is 9. The Balaban J connectivity index is 1.15. The van der Waals surface area contributed by atoms with Crippen molar-refractivity contribution in [2.75, 3.05) is 0 Å². The van der Waals surface area contributed by atoms with E-state index in [1.807, 2.05) is 42.8 Å².